The number of carbonyl (C=O) groups excluding carboxylic acids is 1. The van der Waals surface area contributed by atoms with E-state index in [1.807, 2.05) is 32.0 Å². The Balaban J connectivity index is 2.38. The fraction of sp³-hybridized carbons (Fsp3) is 0.417. The summed E-state index contributed by atoms with van der Waals surface area (Å²) in [5, 5.41) is 5.97. The van der Waals surface area contributed by atoms with Gasteiger partial charge in [-0.2, -0.15) is 0 Å². The molecule has 1 aromatic carbocycles. The maximum Gasteiger partial charge on any atom is 0.221 e. The van der Waals surface area contributed by atoms with E-state index >= 15 is 0 Å². The second-order valence-corrected chi connectivity index (χ2v) is 5.05. The number of hydrogen-bond donors (Lipinski definition) is 3. The number of benzene rings is 1. The van der Waals surface area contributed by atoms with Crippen molar-refractivity contribution >= 4 is 33.2 Å². The molecular weight excluding hydrogens is 282 g/mol. The van der Waals surface area contributed by atoms with Crippen LogP contribution >= 0.6 is 15.9 Å². The van der Waals surface area contributed by atoms with E-state index in [4.69, 9.17) is 5.73 Å². The Morgan fingerprint density at radius 3 is 2.76 bits per heavy atom. The van der Waals surface area contributed by atoms with Crippen LogP contribution in [-0.4, -0.2) is 18.5 Å². The predicted molar refractivity (Wildman–Crippen MR) is 74.9 cm³/mol. The van der Waals surface area contributed by atoms with E-state index in [0.717, 1.165) is 10.2 Å². The maximum atomic E-state index is 11.4. The summed E-state index contributed by atoms with van der Waals surface area (Å²) in [6.07, 6.45) is 0.438. The molecule has 0 aliphatic carbocycles. The molecule has 0 atom stereocenters. The summed E-state index contributed by atoms with van der Waals surface area (Å²) in [5.41, 5.74) is 7.35. The van der Waals surface area contributed by atoms with Crippen molar-refractivity contribution in [2.24, 2.45) is 0 Å². The Bertz CT molecular complexity index is 393. The first kappa shape index (κ1) is 13.8. The predicted octanol–water partition coefficient (Wildman–Crippen LogP) is 2.36. The van der Waals surface area contributed by atoms with E-state index in [1.165, 1.54) is 0 Å². The molecule has 5 heteroatoms. The first-order valence-corrected chi connectivity index (χ1v) is 6.36. The van der Waals surface area contributed by atoms with Crippen LogP contribution in [0, 0.1) is 0 Å². The van der Waals surface area contributed by atoms with Gasteiger partial charge in [0.1, 0.15) is 0 Å². The first-order chi connectivity index (χ1) is 7.99. The molecule has 0 heterocycles. The van der Waals surface area contributed by atoms with Crippen molar-refractivity contribution < 1.29 is 4.79 Å². The summed E-state index contributed by atoms with van der Waals surface area (Å²) in [6.45, 7) is 4.46. The van der Waals surface area contributed by atoms with Gasteiger partial charge in [0.15, 0.2) is 0 Å². The molecule has 0 unspecified atom stereocenters. The van der Waals surface area contributed by atoms with Gasteiger partial charge >= 0.3 is 0 Å². The number of nitrogens with two attached hydrogens (primary N) is 1. The lowest BCUT2D eigenvalue weighted by Gasteiger charge is -2.11. The van der Waals surface area contributed by atoms with E-state index < -0.39 is 0 Å². The fourth-order valence-corrected chi connectivity index (χ4v) is 1.78. The van der Waals surface area contributed by atoms with Crippen molar-refractivity contribution in [1.82, 2.24) is 5.32 Å². The Labute approximate surface area is 110 Å². The van der Waals surface area contributed by atoms with Crippen LogP contribution in [0.1, 0.15) is 20.3 Å². The summed E-state index contributed by atoms with van der Waals surface area (Å²) >= 11 is 3.34. The van der Waals surface area contributed by atoms with Crippen LogP contribution < -0.4 is 16.4 Å². The second-order valence-electron chi connectivity index (χ2n) is 4.13. The van der Waals surface area contributed by atoms with Gasteiger partial charge in [0, 0.05) is 23.5 Å². The van der Waals surface area contributed by atoms with Crippen molar-refractivity contribution in [3.05, 3.63) is 22.7 Å². The molecule has 4 N–H and O–H groups in total. The lowest BCUT2D eigenvalue weighted by molar-refractivity contribution is -0.121. The summed E-state index contributed by atoms with van der Waals surface area (Å²) in [5.74, 6) is 0.0446. The molecule has 0 bridgehead atoms. The number of carbonyl (C=O) groups is 1. The second kappa shape index (κ2) is 6.49. The summed E-state index contributed by atoms with van der Waals surface area (Å²) < 4.78 is 0.943. The number of amides is 1. The van der Waals surface area contributed by atoms with Crippen LogP contribution in [0.25, 0.3) is 0 Å². The number of rotatable bonds is 5. The standard InChI is InChI=1S/C12H18BrN3O/c1-8(2)16-12(17)5-6-15-11-4-3-9(13)7-10(11)14/h3-4,7-8,15H,5-6,14H2,1-2H3,(H,16,17). The molecule has 0 aliphatic rings. The molecule has 0 aliphatic heterocycles. The molecule has 1 aromatic rings. The third-order valence-electron chi connectivity index (χ3n) is 2.13. The van der Waals surface area contributed by atoms with E-state index in [0.29, 0.717) is 18.7 Å². The van der Waals surface area contributed by atoms with Crippen molar-refractivity contribution in [1.29, 1.82) is 0 Å². The van der Waals surface area contributed by atoms with Gasteiger partial charge in [0.2, 0.25) is 5.91 Å². The number of nitrogen functional groups attached to an aromatic ring is 1. The zero-order chi connectivity index (χ0) is 12.8. The molecule has 0 aromatic heterocycles. The topological polar surface area (TPSA) is 67.2 Å². The molecule has 0 fully saturated rings. The zero-order valence-corrected chi connectivity index (χ0v) is 11.7. The molecule has 1 amide bonds. The highest BCUT2D eigenvalue weighted by Crippen LogP contribution is 2.22. The molecule has 0 radical (unpaired) electrons. The van der Waals surface area contributed by atoms with Gasteiger partial charge in [0.05, 0.1) is 11.4 Å². The highest BCUT2D eigenvalue weighted by molar-refractivity contribution is 9.10. The van der Waals surface area contributed by atoms with Crippen LogP contribution in [0.3, 0.4) is 0 Å². The van der Waals surface area contributed by atoms with Crippen LogP contribution in [-0.2, 0) is 4.79 Å². The smallest absolute Gasteiger partial charge is 0.221 e. The molecule has 0 saturated heterocycles. The molecule has 4 nitrogen and oxygen atoms in total. The highest BCUT2D eigenvalue weighted by atomic mass is 79.9. The maximum absolute atomic E-state index is 11.4. The quantitative estimate of drug-likeness (QED) is 0.731. The fourth-order valence-electron chi connectivity index (χ4n) is 1.40. The van der Waals surface area contributed by atoms with Crippen molar-refractivity contribution in [3.63, 3.8) is 0 Å². The van der Waals surface area contributed by atoms with Crippen LogP contribution in [0.5, 0.6) is 0 Å². The first-order valence-electron chi connectivity index (χ1n) is 5.57. The van der Waals surface area contributed by atoms with Gasteiger partial charge in [-0.25, -0.2) is 0 Å². The highest BCUT2D eigenvalue weighted by Gasteiger charge is 2.03. The normalized spacial score (nSPS) is 10.4. The van der Waals surface area contributed by atoms with E-state index in [1.54, 1.807) is 0 Å². The Hall–Kier alpha value is -1.23. The summed E-state index contributed by atoms with van der Waals surface area (Å²) in [6, 6.07) is 5.81. The van der Waals surface area contributed by atoms with Crippen molar-refractivity contribution in [3.8, 4) is 0 Å². The molecule has 0 spiro atoms. The van der Waals surface area contributed by atoms with E-state index in [9.17, 15) is 4.79 Å². The van der Waals surface area contributed by atoms with Crippen LogP contribution in [0.4, 0.5) is 11.4 Å². The minimum atomic E-state index is 0.0446. The van der Waals surface area contributed by atoms with E-state index in [-0.39, 0.29) is 11.9 Å². The number of nitrogens with one attached hydrogen (secondary N) is 2. The van der Waals surface area contributed by atoms with E-state index in [2.05, 4.69) is 26.6 Å². The summed E-state index contributed by atoms with van der Waals surface area (Å²) in [4.78, 5) is 11.4. The van der Waals surface area contributed by atoms with Gasteiger partial charge in [-0.15, -0.1) is 0 Å². The summed E-state index contributed by atoms with van der Waals surface area (Å²) in [7, 11) is 0. The van der Waals surface area contributed by atoms with Gasteiger partial charge in [-0.05, 0) is 32.0 Å². The van der Waals surface area contributed by atoms with Gasteiger partial charge in [0.25, 0.3) is 0 Å². The van der Waals surface area contributed by atoms with Gasteiger partial charge < -0.3 is 16.4 Å². The molecule has 1 rings (SSSR count). The van der Waals surface area contributed by atoms with Crippen molar-refractivity contribution in [2.45, 2.75) is 26.3 Å². The van der Waals surface area contributed by atoms with Gasteiger partial charge in [-0.3, -0.25) is 4.79 Å². The third-order valence-corrected chi connectivity index (χ3v) is 2.62. The number of anilines is 2. The average molecular weight is 300 g/mol. The monoisotopic (exact) mass is 299 g/mol. The molecule has 0 saturated carbocycles. The third kappa shape index (κ3) is 5.08. The zero-order valence-electron chi connectivity index (χ0n) is 10.1. The Morgan fingerprint density at radius 1 is 1.47 bits per heavy atom. The van der Waals surface area contributed by atoms with Gasteiger partial charge in [-0.1, -0.05) is 15.9 Å². The minimum absolute atomic E-state index is 0.0446. The minimum Gasteiger partial charge on any atom is -0.397 e. The van der Waals surface area contributed by atoms with Crippen molar-refractivity contribution in [2.75, 3.05) is 17.6 Å². The SMILES string of the molecule is CC(C)NC(=O)CCNc1ccc(Br)cc1N. The number of halogens is 1. The lowest BCUT2D eigenvalue weighted by Crippen LogP contribution is -2.31. The Kier molecular flexibility index (Phi) is 5.28. The molecular formula is C12H18BrN3O. The largest absolute Gasteiger partial charge is 0.397 e. The van der Waals surface area contributed by atoms with Crippen LogP contribution in [0.2, 0.25) is 0 Å². The lowest BCUT2D eigenvalue weighted by atomic mass is 10.2. The van der Waals surface area contributed by atoms with Crippen LogP contribution in [0.15, 0.2) is 22.7 Å². The molecule has 94 valence electrons. The molecule has 17 heavy (non-hydrogen) atoms. The average Bonchev–Trinajstić information content (AvgIpc) is 2.20. The Morgan fingerprint density at radius 2 is 2.18 bits per heavy atom. The number of hydrogen-bond acceptors (Lipinski definition) is 3.